The Labute approximate surface area is 214 Å². The molecule has 0 unspecified atom stereocenters. The van der Waals surface area contributed by atoms with E-state index in [0.29, 0.717) is 58.9 Å². The Morgan fingerprint density at radius 3 is 2.84 bits per heavy atom. The zero-order valence-electron chi connectivity index (χ0n) is 20.7. The Bertz CT molecular complexity index is 1460. The summed E-state index contributed by atoms with van der Waals surface area (Å²) in [5.74, 6) is 2.15. The SMILES string of the molecule is COc1c(N=S2(=O)CCCC2)cc2ncnc(Nc3ccc(F)cc3O[C@@H]3CO[C@@H]4CCO[C@@H]43)c2c1C. The van der Waals surface area contributed by atoms with E-state index in [1.165, 1.54) is 18.5 Å². The van der Waals surface area contributed by atoms with Crippen LogP contribution >= 0.6 is 0 Å². The van der Waals surface area contributed by atoms with E-state index in [4.69, 9.17) is 18.9 Å². The molecule has 37 heavy (non-hydrogen) atoms. The molecule has 0 saturated carbocycles. The minimum Gasteiger partial charge on any atom is -0.494 e. The fourth-order valence-electron chi connectivity index (χ4n) is 5.35. The number of fused-ring (bicyclic) bond motifs is 2. The fraction of sp³-hybridized carbons (Fsp3) is 0.462. The van der Waals surface area contributed by atoms with Crippen LogP contribution in [0.4, 0.5) is 21.6 Å². The van der Waals surface area contributed by atoms with Crippen LogP contribution in [0.5, 0.6) is 11.5 Å². The molecule has 3 aromatic rings. The second-order valence-electron chi connectivity index (χ2n) is 9.57. The van der Waals surface area contributed by atoms with Crippen molar-refractivity contribution in [2.45, 2.75) is 44.5 Å². The molecule has 3 atom stereocenters. The van der Waals surface area contributed by atoms with Crippen LogP contribution in [0.15, 0.2) is 35.0 Å². The Morgan fingerprint density at radius 1 is 1.19 bits per heavy atom. The lowest BCUT2D eigenvalue weighted by Gasteiger charge is -2.21. The van der Waals surface area contributed by atoms with E-state index in [0.717, 1.165) is 30.2 Å². The summed E-state index contributed by atoms with van der Waals surface area (Å²) in [6.07, 6.45) is 3.61. The van der Waals surface area contributed by atoms with Gasteiger partial charge in [-0.15, -0.1) is 0 Å². The number of rotatable bonds is 6. The van der Waals surface area contributed by atoms with Gasteiger partial charge in [-0.1, -0.05) is 0 Å². The molecule has 2 aromatic carbocycles. The van der Waals surface area contributed by atoms with Crippen molar-refractivity contribution in [1.29, 1.82) is 0 Å². The maximum Gasteiger partial charge on any atom is 0.151 e. The van der Waals surface area contributed by atoms with E-state index in [1.54, 1.807) is 19.2 Å². The van der Waals surface area contributed by atoms with Gasteiger partial charge in [0, 0.05) is 35.1 Å². The number of nitrogens with zero attached hydrogens (tertiary/aromatic N) is 3. The average molecular weight is 529 g/mol. The zero-order valence-corrected chi connectivity index (χ0v) is 21.6. The summed E-state index contributed by atoms with van der Waals surface area (Å²) in [5, 5.41) is 4.02. The highest BCUT2D eigenvalue weighted by Crippen LogP contribution is 2.41. The predicted molar refractivity (Wildman–Crippen MR) is 138 cm³/mol. The van der Waals surface area contributed by atoms with Crippen molar-refractivity contribution >= 4 is 37.8 Å². The van der Waals surface area contributed by atoms with Crippen LogP contribution < -0.4 is 14.8 Å². The first-order valence-corrected chi connectivity index (χ1v) is 14.3. The third-order valence-corrected chi connectivity index (χ3v) is 9.52. The van der Waals surface area contributed by atoms with Crippen LogP contribution in [0.2, 0.25) is 0 Å². The molecule has 1 N–H and O–H groups in total. The lowest BCUT2D eigenvalue weighted by Crippen LogP contribution is -2.32. The number of hydrogen-bond donors (Lipinski definition) is 1. The van der Waals surface area contributed by atoms with Gasteiger partial charge in [0.05, 0.1) is 40.8 Å². The molecule has 0 spiro atoms. The number of hydrogen-bond acceptors (Lipinski definition) is 9. The summed E-state index contributed by atoms with van der Waals surface area (Å²) in [6, 6.07) is 6.11. The Morgan fingerprint density at radius 2 is 2.03 bits per heavy atom. The van der Waals surface area contributed by atoms with Gasteiger partial charge in [0.25, 0.3) is 0 Å². The molecule has 3 aliphatic heterocycles. The van der Waals surface area contributed by atoms with Crippen LogP contribution in [0.25, 0.3) is 10.9 Å². The molecule has 196 valence electrons. The van der Waals surface area contributed by atoms with Crippen LogP contribution in [0.3, 0.4) is 0 Å². The van der Waals surface area contributed by atoms with E-state index in [2.05, 4.69) is 19.6 Å². The zero-order chi connectivity index (χ0) is 25.6. The summed E-state index contributed by atoms with van der Waals surface area (Å²) in [5.41, 5.74) is 2.47. The molecule has 11 heteroatoms. The molecule has 3 saturated heterocycles. The smallest absolute Gasteiger partial charge is 0.151 e. The van der Waals surface area contributed by atoms with Gasteiger partial charge in [0.1, 0.15) is 41.3 Å². The minimum atomic E-state index is -2.30. The Balaban J connectivity index is 1.38. The van der Waals surface area contributed by atoms with Crippen molar-refractivity contribution in [3.8, 4) is 11.5 Å². The molecular formula is C26H29FN4O5S. The third-order valence-electron chi connectivity index (χ3n) is 7.14. The molecule has 4 heterocycles. The largest absolute Gasteiger partial charge is 0.494 e. The molecule has 6 rings (SSSR count). The quantitative estimate of drug-likeness (QED) is 0.493. The van der Waals surface area contributed by atoms with Crippen LogP contribution in [-0.4, -0.2) is 64.3 Å². The van der Waals surface area contributed by atoms with Crippen molar-refractivity contribution in [2.24, 2.45) is 4.36 Å². The van der Waals surface area contributed by atoms with Crippen molar-refractivity contribution in [2.75, 3.05) is 37.1 Å². The van der Waals surface area contributed by atoms with Gasteiger partial charge in [-0.2, -0.15) is 4.36 Å². The molecule has 0 aliphatic carbocycles. The van der Waals surface area contributed by atoms with E-state index in [9.17, 15) is 8.60 Å². The maximum atomic E-state index is 14.2. The number of aryl methyl sites for hydroxylation is 1. The number of nitrogens with one attached hydrogen (secondary N) is 1. The molecule has 9 nitrogen and oxygen atoms in total. The van der Waals surface area contributed by atoms with Gasteiger partial charge in [-0.3, -0.25) is 0 Å². The summed E-state index contributed by atoms with van der Waals surface area (Å²) < 4.78 is 55.5. The number of anilines is 2. The number of aromatic nitrogens is 2. The van der Waals surface area contributed by atoms with Crippen LogP contribution in [0, 0.1) is 12.7 Å². The number of ether oxygens (including phenoxy) is 4. The van der Waals surface area contributed by atoms with E-state index >= 15 is 0 Å². The van der Waals surface area contributed by atoms with Gasteiger partial charge in [0.15, 0.2) is 6.10 Å². The lowest BCUT2D eigenvalue weighted by molar-refractivity contribution is 0.0310. The van der Waals surface area contributed by atoms with Crippen LogP contribution in [-0.2, 0) is 19.2 Å². The molecule has 0 amide bonds. The summed E-state index contributed by atoms with van der Waals surface area (Å²) in [4.78, 5) is 8.92. The number of methoxy groups -OCH3 is 1. The van der Waals surface area contributed by atoms with Gasteiger partial charge >= 0.3 is 0 Å². The van der Waals surface area contributed by atoms with E-state index < -0.39 is 15.5 Å². The van der Waals surface area contributed by atoms with Crippen molar-refractivity contribution in [1.82, 2.24) is 9.97 Å². The average Bonchev–Trinajstić information content (AvgIpc) is 3.60. The molecule has 3 fully saturated rings. The summed E-state index contributed by atoms with van der Waals surface area (Å²) in [7, 11) is -0.729. The normalized spacial score (nSPS) is 24.2. The predicted octanol–water partition coefficient (Wildman–Crippen LogP) is 4.66. The molecule has 1 aromatic heterocycles. The second-order valence-corrected chi connectivity index (χ2v) is 12.1. The van der Waals surface area contributed by atoms with E-state index in [-0.39, 0.29) is 18.3 Å². The van der Waals surface area contributed by atoms with Crippen molar-refractivity contribution < 1.29 is 27.5 Å². The van der Waals surface area contributed by atoms with Gasteiger partial charge in [0.2, 0.25) is 0 Å². The third kappa shape index (κ3) is 4.60. The van der Waals surface area contributed by atoms with E-state index in [1.807, 2.05) is 6.92 Å². The highest BCUT2D eigenvalue weighted by Gasteiger charge is 2.43. The van der Waals surface area contributed by atoms with Crippen molar-refractivity contribution in [3.05, 3.63) is 42.0 Å². The maximum absolute atomic E-state index is 14.2. The monoisotopic (exact) mass is 528 g/mol. The first kappa shape index (κ1) is 24.3. The molecular weight excluding hydrogens is 499 g/mol. The number of benzene rings is 2. The molecule has 0 bridgehead atoms. The first-order chi connectivity index (χ1) is 17.9. The highest BCUT2D eigenvalue weighted by atomic mass is 32.2. The molecule has 0 radical (unpaired) electrons. The lowest BCUT2D eigenvalue weighted by atomic mass is 10.1. The van der Waals surface area contributed by atoms with Crippen LogP contribution in [0.1, 0.15) is 24.8 Å². The van der Waals surface area contributed by atoms with Crippen molar-refractivity contribution in [3.63, 3.8) is 0 Å². The molecule has 3 aliphatic rings. The Hall–Kier alpha value is -3.02. The second kappa shape index (κ2) is 9.70. The summed E-state index contributed by atoms with van der Waals surface area (Å²) >= 11 is 0. The standard InChI is InChI=1S/C26H29FN4O5S/c1-15-23-18(12-19(24(15)33-2)31-37(32)9-3-4-10-37)28-14-29-26(23)30-17-6-5-16(27)11-21(17)36-22-13-35-20-7-8-34-25(20)22/h5-6,11-12,14,20,22,25H,3-4,7-10,13H2,1-2H3,(H,28,29,30)/t20-,22-,25+/m1/s1. The minimum absolute atomic E-state index is 0.00910. The van der Waals surface area contributed by atoms with Gasteiger partial charge < -0.3 is 24.3 Å². The topological polar surface area (TPSA) is 104 Å². The van der Waals surface area contributed by atoms with Gasteiger partial charge in [-0.05, 0) is 44.4 Å². The highest BCUT2D eigenvalue weighted by molar-refractivity contribution is 7.93. The number of halogens is 1. The van der Waals surface area contributed by atoms with Gasteiger partial charge in [-0.25, -0.2) is 18.6 Å². The Kier molecular flexibility index (Phi) is 6.37. The summed E-state index contributed by atoms with van der Waals surface area (Å²) in [6.45, 7) is 2.90. The first-order valence-electron chi connectivity index (χ1n) is 12.5. The fourth-order valence-corrected chi connectivity index (χ4v) is 7.54.